The van der Waals surface area contributed by atoms with Gasteiger partial charge in [-0.25, -0.2) is 13.2 Å². The summed E-state index contributed by atoms with van der Waals surface area (Å²) < 4.78 is 39.6. The maximum Gasteiger partial charge on any atom is 0.331 e. The van der Waals surface area contributed by atoms with Gasteiger partial charge in [-0.05, 0) is 31.4 Å². The number of ether oxygens (including phenoxy) is 2. The van der Waals surface area contributed by atoms with E-state index in [-0.39, 0.29) is 17.3 Å². The van der Waals surface area contributed by atoms with Crippen LogP contribution in [0.15, 0.2) is 64.6 Å². The molecule has 3 rings (SSSR count). The number of benzene rings is 2. The summed E-state index contributed by atoms with van der Waals surface area (Å²) in [5.41, 5.74) is 1.38. The van der Waals surface area contributed by atoms with Gasteiger partial charge < -0.3 is 19.5 Å². The number of para-hydroxylation sites is 1. The van der Waals surface area contributed by atoms with E-state index in [9.17, 15) is 13.2 Å². The van der Waals surface area contributed by atoms with Crippen LogP contribution in [-0.4, -0.2) is 62.9 Å². The summed E-state index contributed by atoms with van der Waals surface area (Å²) in [6.45, 7) is 3.00. The van der Waals surface area contributed by atoms with Gasteiger partial charge >= 0.3 is 5.97 Å². The molecule has 0 amide bonds. The monoisotopic (exact) mass is 478 g/mol. The number of likely N-dealkylation sites (N-methyl/N-ethyl adjacent to an activating group) is 1. The molecule has 1 heterocycles. The van der Waals surface area contributed by atoms with Gasteiger partial charge in [-0.1, -0.05) is 18.2 Å². The molecule has 0 aliphatic carbocycles. The summed E-state index contributed by atoms with van der Waals surface area (Å²) in [6, 6.07) is 12.4. The summed E-state index contributed by atoms with van der Waals surface area (Å²) in [6.07, 6.45) is 3.73. The Hall–Kier alpha value is -2.53. The normalized spacial score (nSPS) is 18.3. The van der Waals surface area contributed by atoms with Crippen molar-refractivity contribution >= 4 is 39.1 Å². The van der Waals surface area contributed by atoms with E-state index in [0.29, 0.717) is 23.7 Å². The summed E-state index contributed by atoms with van der Waals surface area (Å²) in [7, 11) is -2.34. The number of carbonyl (C=O) groups is 1. The third kappa shape index (κ3) is 5.09. The molecular formula is C22H26N2O6S2. The predicted molar refractivity (Wildman–Crippen MR) is 124 cm³/mol. The zero-order valence-electron chi connectivity index (χ0n) is 18.1. The van der Waals surface area contributed by atoms with Crippen LogP contribution in [0.4, 0.5) is 11.4 Å². The van der Waals surface area contributed by atoms with Crippen molar-refractivity contribution < 1.29 is 27.8 Å². The topological polar surface area (TPSA) is 96.4 Å². The van der Waals surface area contributed by atoms with E-state index < -0.39 is 22.0 Å². The second-order valence-electron chi connectivity index (χ2n) is 7.01. The van der Waals surface area contributed by atoms with Crippen LogP contribution in [0.2, 0.25) is 0 Å². The summed E-state index contributed by atoms with van der Waals surface area (Å²) in [5, 5.41) is 8.83. The smallest absolute Gasteiger partial charge is 0.331 e. The predicted octanol–water partition coefficient (Wildman–Crippen LogP) is 3.56. The molecule has 1 unspecified atom stereocenters. The summed E-state index contributed by atoms with van der Waals surface area (Å²) in [5.74, 6) is -0.895. The molecule has 172 valence electrons. The molecule has 10 heteroatoms. The van der Waals surface area contributed by atoms with E-state index in [4.69, 9.17) is 14.6 Å². The molecule has 8 nitrogen and oxygen atoms in total. The van der Waals surface area contributed by atoms with Gasteiger partial charge in [0.25, 0.3) is 0 Å². The fourth-order valence-electron chi connectivity index (χ4n) is 3.40. The third-order valence-corrected chi connectivity index (χ3v) is 7.79. The number of nitrogens with zero attached hydrogens (tertiary/aromatic N) is 2. The zero-order valence-corrected chi connectivity index (χ0v) is 19.7. The molecule has 0 saturated carbocycles. The first-order chi connectivity index (χ1) is 15.3. The minimum atomic E-state index is -3.88. The highest BCUT2D eigenvalue weighted by atomic mass is 32.2. The number of thioether (sulfide) groups is 1. The first kappa shape index (κ1) is 24.1. The Morgan fingerprint density at radius 3 is 2.62 bits per heavy atom. The highest BCUT2D eigenvalue weighted by Gasteiger charge is 2.38. The van der Waals surface area contributed by atoms with E-state index in [0.717, 1.165) is 18.0 Å². The van der Waals surface area contributed by atoms with Gasteiger partial charge in [-0.3, -0.25) is 0 Å². The number of aliphatic carboxylic acids is 1. The lowest BCUT2D eigenvalue weighted by Gasteiger charge is -2.29. The van der Waals surface area contributed by atoms with Gasteiger partial charge in [0, 0.05) is 32.0 Å². The number of hydrogen-bond acceptors (Lipinski definition) is 7. The summed E-state index contributed by atoms with van der Waals surface area (Å²) >= 11 is 1.38. The van der Waals surface area contributed by atoms with Crippen molar-refractivity contribution in [3.8, 4) is 5.75 Å². The Morgan fingerprint density at radius 2 is 2.00 bits per heavy atom. The van der Waals surface area contributed by atoms with Crippen LogP contribution in [0.1, 0.15) is 6.92 Å². The molecule has 2 aromatic carbocycles. The minimum Gasteiger partial charge on any atom is -0.478 e. The third-order valence-electron chi connectivity index (χ3n) is 5.09. The van der Waals surface area contributed by atoms with Crippen molar-refractivity contribution in [1.29, 1.82) is 0 Å². The van der Waals surface area contributed by atoms with Gasteiger partial charge in [0.05, 0.1) is 35.6 Å². The van der Waals surface area contributed by atoms with Gasteiger partial charge in [0.2, 0.25) is 10.0 Å². The first-order valence-electron chi connectivity index (χ1n) is 9.96. The average molecular weight is 479 g/mol. The number of sulfonamides is 1. The number of carboxylic acids is 1. The second-order valence-corrected chi connectivity index (χ2v) is 9.82. The van der Waals surface area contributed by atoms with E-state index in [1.807, 2.05) is 48.4 Å². The van der Waals surface area contributed by atoms with Crippen molar-refractivity contribution in [2.24, 2.45) is 0 Å². The standard InChI is InChI=1S/C22H26N2O6S2/c1-4-29-15-17-14-24(16-8-6-5-7-9-16)18-12-20(31-3)19(30-11-10-22(25)26)13-21(18)32(27,28)23(17)2/h5-13,17H,4,14-15H2,1-3H3,(H,25,26)/b11-10+. The van der Waals surface area contributed by atoms with Gasteiger partial charge in [0.15, 0.2) is 0 Å². The van der Waals surface area contributed by atoms with Crippen LogP contribution in [-0.2, 0) is 19.6 Å². The molecule has 1 aliphatic heterocycles. The lowest BCUT2D eigenvalue weighted by molar-refractivity contribution is -0.131. The molecule has 0 aromatic heterocycles. The van der Waals surface area contributed by atoms with E-state index in [1.54, 1.807) is 13.1 Å². The van der Waals surface area contributed by atoms with Crippen LogP contribution < -0.4 is 9.64 Å². The van der Waals surface area contributed by atoms with E-state index in [2.05, 4.69) is 0 Å². The molecule has 0 fully saturated rings. The van der Waals surface area contributed by atoms with Crippen molar-refractivity contribution in [3.05, 3.63) is 54.8 Å². The molecule has 1 aliphatic rings. The summed E-state index contributed by atoms with van der Waals surface area (Å²) in [4.78, 5) is 13.5. The maximum absolute atomic E-state index is 13.6. The van der Waals surface area contributed by atoms with Crippen LogP contribution in [0.25, 0.3) is 0 Å². The molecule has 0 spiro atoms. The molecule has 0 saturated heterocycles. The Balaban J connectivity index is 2.20. The Morgan fingerprint density at radius 1 is 1.28 bits per heavy atom. The fraction of sp³-hybridized carbons (Fsp3) is 0.318. The number of fused-ring (bicyclic) bond motifs is 1. The zero-order chi connectivity index (χ0) is 23.3. The minimum absolute atomic E-state index is 0.0828. The fourth-order valence-corrected chi connectivity index (χ4v) is 5.46. The Kier molecular flexibility index (Phi) is 7.83. The van der Waals surface area contributed by atoms with Crippen molar-refractivity contribution in [2.45, 2.75) is 22.8 Å². The lowest BCUT2D eigenvalue weighted by atomic mass is 10.2. The van der Waals surface area contributed by atoms with Crippen molar-refractivity contribution in [3.63, 3.8) is 0 Å². The van der Waals surface area contributed by atoms with Gasteiger partial charge in [-0.15, -0.1) is 11.8 Å². The molecule has 2 aromatic rings. The largest absolute Gasteiger partial charge is 0.478 e. The van der Waals surface area contributed by atoms with Crippen molar-refractivity contribution in [2.75, 3.05) is 38.0 Å². The SMILES string of the molecule is CCOCC1CN(c2ccccc2)c2cc(SC)c(O/C=C/C(=O)O)cc2S(=O)(=O)N1C. The number of carboxylic acid groups (broad SMARTS) is 1. The van der Waals surface area contributed by atoms with E-state index in [1.165, 1.54) is 22.1 Å². The van der Waals surface area contributed by atoms with Crippen LogP contribution >= 0.6 is 11.8 Å². The maximum atomic E-state index is 13.6. The molecular weight excluding hydrogens is 452 g/mol. The Bertz CT molecular complexity index is 1090. The van der Waals surface area contributed by atoms with Crippen molar-refractivity contribution in [1.82, 2.24) is 4.31 Å². The Labute approximate surface area is 192 Å². The highest BCUT2D eigenvalue weighted by Crippen LogP contribution is 2.43. The number of rotatable bonds is 8. The highest BCUT2D eigenvalue weighted by molar-refractivity contribution is 7.98. The second kappa shape index (κ2) is 10.4. The number of anilines is 2. The molecule has 0 bridgehead atoms. The van der Waals surface area contributed by atoms with Crippen LogP contribution in [0.3, 0.4) is 0 Å². The van der Waals surface area contributed by atoms with Crippen LogP contribution in [0.5, 0.6) is 5.75 Å². The lowest BCUT2D eigenvalue weighted by Crippen LogP contribution is -2.43. The molecule has 1 atom stereocenters. The molecule has 1 N–H and O–H groups in total. The first-order valence-corrected chi connectivity index (χ1v) is 12.6. The molecule has 32 heavy (non-hydrogen) atoms. The quantitative estimate of drug-likeness (QED) is 0.350. The van der Waals surface area contributed by atoms with Crippen LogP contribution in [0, 0.1) is 0 Å². The van der Waals surface area contributed by atoms with E-state index >= 15 is 0 Å². The van der Waals surface area contributed by atoms with Gasteiger partial charge in [-0.2, -0.15) is 4.31 Å². The molecule has 0 radical (unpaired) electrons. The average Bonchev–Trinajstić information content (AvgIpc) is 2.86. The number of hydrogen-bond donors (Lipinski definition) is 1. The van der Waals surface area contributed by atoms with Gasteiger partial charge in [0.1, 0.15) is 10.6 Å².